The lowest BCUT2D eigenvalue weighted by Crippen LogP contribution is -2.36. The molecule has 2 rings (SSSR count). The highest BCUT2D eigenvalue weighted by atomic mass is 35.5. The summed E-state index contributed by atoms with van der Waals surface area (Å²) in [5.41, 5.74) is 1.16. The van der Waals surface area contributed by atoms with Gasteiger partial charge in [-0.3, -0.25) is 9.59 Å². The van der Waals surface area contributed by atoms with Crippen molar-refractivity contribution in [2.45, 2.75) is 46.1 Å². The van der Waals surface area contributed by atoms with Gasteiger partial charge in [0.05, 0.1) is 22.2 Å². The Morgan fingerprint density at radius 2 is 1.96 bits per heavy atom. The molecule has 1 heterocycles. The smallest absolute Gasteiger partial charge is 0.289 e. The second-order valence-corrected chi connectivity index (χ2v) is 6.67. The van der Waals surface area contributed by atoms with Gasteiger partial charge in [-0.25, -0.2) is 0 Å². The molecular weight excluding hydrogens is 375 g/mol. The van der Waals surface area contributed by atoms with Crippen molar-refractivity contribution in [1.82, 2.24) is 10.2 Å². The van der Waals surface area contributed by atoms with E-state index in [0.29, 0.717) is 10.0 Å². The van der Waals surface area contributed by atoms with Gasteiger partial charge in [-0.05, 0) is 37.0 Å². The van der Waals surface area contributed by atoms with Crippen molar-refractivity contribution in [3.63, 3.8) is 0 Å². The molecular formula is C19H26Cl2N2O3. The summed E-state index contributed by atoms with van der Waals surface area (Å²) in [5, 5.41) is 13.7. The zero-order valence-electron chi connectivity index (χ0n) is 15.6. The van der Waals surface area contributed by atoms with Crippen LogP contribution in [0.25, 0.3) is 0 Å². The van der Waals surface area contributed by atoms with E-state index in [1.54, 1.807) is 13.1 Å². The number of carbonyl (C=O) groups excluding carboxylic acids is 2. The lowest BCUT2D eigenvalue weighted by atomic mass is 10.0. The maximum absolute atomic E-state index is 12.3. The molecule has 0 bridgehead atoms. The van der Waals surface area contributed by atoms with Crippen molar-refractivity contribution >= 4 is 35.0 Å². The quantitative estimate of drug-likeness (QED) is 0.753. The minimum absolute atomic E-state index is 0.0618. The Bertz CT molecular complexity index is 689. The zero-order chi connectivity index (χ0) is 19.9. The first-order valence-electron chi connectivity index (χ1n) is 8.75. The molecule has 26 heavy (non-hydrogen) atoms. The first-order valence-corrected chi connectivity index (χ1v) is 9.51. The molecule has 0 aromatic heterocycles. The molecule has 1 aromatic carbocycles. The molecule has 144 valence electrons. The van der Waals surface area contributed by atoms with Crippen molar-refractivity contribution in [2.75, 3.05) is 13.6 Å². The maximum atomic E-state index is 12.3. The molecule has 1 unspecified atom stereocenters. The molecule has 0 spiro atoms. The van der Waals surface area contributed by atoms with Crippen LogP contribution in [0.15, 0.2) is 29.5 Å². The first-order chi connectivity index (χ1) is 12.3. The third-order valence-corrected chi connectivity index (χ3v) is 4.84. The Morgan fingerprint density at radius 1 is 1.31 bits per heavy atom. The molecule has 0 radical (unpaired) electrons. The molecule has 2 N–H and O–H groups in total. The summed E-state index contributed by atoms with van der Waals surface area (Å²) in [6.07, 6.45) is 2.20. The Hall–Kier alpha value is -1.72. The van der Waals surface area contributed by atoms with E-state index in [-0.39, 0.29) is 18.2 Å². The molecule has 0 saturated carbocycles. The van der Waals surface area contributed by atoms with E-state index in [9.17, 15) is 14.7 Å². The normalized spacial score (nSPS) is 14.8. The molecule has 1 aliphatic rings. The summed E-state index contributed by atoms with van der Waals surface area (Å²) >= 11 is 11.9. The second-order valence-electron chi connectivity index (χ2n) is 5.85. The monoisotopic (exact) mass is 400 g/mol. The van der Waals surface area contributed by atoms with Crippen LogP contribution in [-0.2, 0) is 16.0 Å². The number of carbonyl (C=O) groups is 2. The molecule has 5 nitrogen and oxygen atoms in total. The van der Waals surface area contributed by atoms with Crippen LogP contribution in [0.5, 0.6) is 0 Å². The zero-order valence-corrected chi connectivity index (χ0v) is 17.1. The number of aryl methyl sites for hydroxylation is 1. The Kier molecular flexibility index (Phi) is 8.96. The van der Waals surface area contributed by atoms with Crippen LogP contribution in [0, 0.1) is 0 Å². The molecule has 7 heteroatoms. The number of likely N-dealkylation sites (N-methyl/N-ethyl adjacent to an activating group) is 1. The minimum Gasteiger partial charge on any atom is -0.503 e. The number of rotatable bonds is 6. The molecule has 1 aromatic rings. The number of nitrogens with zero attached hydrogens (tertiary/aromatic N) is 1. The van der Waals surface area contributed by atoms with E-state index < -0.39 is 17.6 Å². The average molecular weight is 401 g/mol. The van der Waals surface area contributed by atoms with E-state index in [1.165, 1.54) is 4.90 Å². The van der Waals surface area contributed by atoms with Gasteiger partial charge >= 0.3 is 0 Å². The van der Waals surface area contributed by atoms with Crippen LogP contribution < -0.4 is 5.32 Å². The highest BCUT2D eigenvalue weighted by Gasteiger charge is 2.32. The third-order valence-electron chi connectivity index (χ3n) is 4.10. The fourth-order valence-corrected chi connectivity index (χ4v) is 2.88. The Morgan fingerprint density at radius 3 is 2.46 bits per heavy atom. The lowest BCUT2D eigenvalue weighted by Gasteiger charge is -2.18. The van der Waals surface area contributed by atoms with E-state index in [2.05, 4.69) is 5.32 Å². The van der Waals surface area contributed by atoms with Gasteiger partial charge in [0.15, 0.2) is 5.76 Å². The predicted molar refractivity (Wildman–Crippen MR) is 106 cm³/mol. The van der Waals surface area contributed by atoms with Crippen molar-refractivity contribution < 1.29 is 14.7 Å². The van der Waals surface area contributed by atoms with Crippen LogP contribution in [0.4, 0.5) is 0 Å². The molecule has 0 fully saturated rings. The summed E-state index contributed by atoms with van der Waals surface area (Å²) in [5.74, 6) is -1.38. The number of hydrogen-bond donors (Lipinski definition) is 2. The van der Waals surface area contributed by atoms with Gasteiger partial charge < -0.3 is 15.3 Å². The number of aliphatic hydroxyl groups excluding tert-OH is 1. The third kappa shape index (κ3) is 5.64. The standard InChI is InChI=1S/C17H20Cl2N2O3.C2H6/c1-3-11(6-4-10-5-7-13(18)14(19)8-10)20-16(23)12-9-21(2)17(24)15(12)22;1-2/h5,7-8,11,22H,3-4,6,9H2,1-2H3,(H,20,23);1-2H3. The number of halogens is 2. The molecule has 0 saturated heterocycles. The van der Waals surface area contributed by atoms with Gasteiger partial charge in [0.2, 0.25) is 0 Å². The van der Waals surface area contributed by atoms with E-state index in [4.69, 9.17) is 23.2 Å². The van der Waals surface area contributed by atoms with Crippen LogP contribution in [0.2, 0.25) is 10.0 Å². The number of nitrogens with one attached hydrogen (secondary N) is 1. The largest absolute Gasteiger partial charge is 0.503 e. The molecule has 2 amide bonds. The SMILES string of the molecule is CC.CCC(CCc1ccc(Cl)c(Cl)c1)NC(=O)C1=C(O)C(=O)N(C)C1. The summed E-state index contributed by atoms with van der Waals surface area (Å²) in [6.45, 7) is 6.10. The topological polar surface area (TPSA) is 69.6 Å². The van der Waals surface area contributed by atoms with Crippen molar-refractivity contribution in [1.29, 1.82) is 0 Å². The van der Waals surface area contributed by atoms with Gasteiger partial charge in [0, 0.05) is 13.1 Å². The van der Waals surface area contributed by atoms with Crippen LogP contribution >= 0.6 is 23.2 Å². The Balaban J connectivity index is 0.00000163. The highest BCUT2D eigenvalue weighted by Crippen LogP contribution is 2.23. The minimum atomic E-state index is -0.524. The first kappa shape index (κ1) is 22.3. The van der Waals surface area contributed by atoms with E-state index in [1.807, 2.05) is 32.9 Å². The number of benzene rings is 1. The lowest BCUT2D eigenvalue weighted by molar-refractivity contribution is -0.126. The molecule has 1 aliphatic heterocycles. The van der Waals surface area contributed by atoms with Crippen LogP contribution in [0.1, 0.15) is 39.2 Å². The van der Waals surface area contributed by atoms with Crippen molar-refractivity contribution in [2.24, 2.45) is 0 Å². The fourth-order valence-electron chi connectivity index (χ4n) is 2.56. The van der Waals surface area contributed by atoms with Crippen molar-refractivity contribution in [3.8, 4) is 0 Å². The van der Waals surface area contributed by atoms with Gasteiger partial charge in [-0.1, -0.05) is 50.0 Å². The van der Waals surface area contributed by atoms with Crippen molar-refractivity contribution in [3.05, 3.63) is 45.1 Å². The van der Waals surface area contributed by atoms with Gasteiger partial charge in [0.25, 0.3) is 11.8 Å². The van der Waals surface area contributed by atoms with E-state index >= 15 is 0 Å². The van der Waals surface area contributed by atoms with Gasteiger partial charge in [-0.15, -0.1) is 0 Å². The predicted octanol–water partition coefficient (Wildman–Crippen LogP) is 4.13. The summed E-state index contributed by atoms with van der Waals surface area (Å²) in [6, 6.07) is 5.41. The van der Waals surface area contributed by atoms with E-state index in [0.717, 1.165) is 24.8 Å². The summed E-state index contributed by atoms with van der Waals surface area (Å²) in [4.78, 5) is 25.1. The second kappa shape index (κ2) is 10.4. The maximum Gasteiger partial charge on any atom is 0.289 e. The number of amides is 2. The highest BCUT2D eigenvalue weighted by molar-refractivity contribution is 6.42. The number of aliphatic hydroxyl groups is 1. The summed E-state index contributed by atoms with van der Waals surface area (Å²) < 4.78 is 0. The van der Waals surface area contributed by atoms with Gasteiger partial charge in [0.1, 0.15) is 0 Å². The average Bonchev–Trinajstić information content (AvgIpc) is 2.90. The fraction of sp³-hybridized carbons (Fsp3) is 0.474. The summed E-state index contributed by atoms with van der Waals surface area (Å²) in [7, 11) is 1.54. The number of hydrogen-bond acceptors (Lipinski definition) is 3. The molecule has 1 atom stereocenters. The van der Waals surface area contributed by atoms with Gasteiger partial charge in [-0.2, -0.15) is 0 Å². The molecule has 0 aliphatic carbocycles. The van der Waals surface area contributed by atoms with Crippen LogP contribution in [0.3, 0.4) is 0 Å². The Labute approximate surface area is 165 Å². The van der Waals surface area contributed by atoms with Crippen LogP contribution in [-0.4, -0.2) is 41.5 Å².